The zero-order chi connectivity index (χ0) is 23.8. The summed E-state index contributed by atoms with van der Waals surface area (Å²) < 4.78 is 56.4. The van der Waals surface area contributed by atoms with Crippen LogP contribution in [0.1, 0.15) is 29.9 Å². The van der Waals surface area contributed by atoms with Crippen LogP contribution >= 0.6 is 0 Å². The molecule has 11 heteroatoms. The summed E-state index contributed by atoms with van der Waals surface area (Å²) in [5.41, 5.74) is 5.06. The number of hydrogen-bond donors (Lipinski definition) is 2. The van der Waals surface area contributed by atoms with Crippen molar-refractivity contribution in [3.8, 4) is 11.5 Å². The molecule has 1 fully saturated rings. The molecular formula is C22H24F3N5O3. The lowest BCUT2D eigenvalue weighted by molar-refractivity contribution is -0.137. The SMILES string of the molecule is COCC1(Oc2cc3c(NCc4cc(C(F)(F)F)cc(N)n4)nc(C)nc3cc2OC)CC1. The number of nitrogens with zero attached hydrogens (tertiary/aromatic N) is 3. The van der Waals surface area contributed by atoms with Crippen molar-refractivity contribution >= 4 is 22.5 Å². The number of nitrogens with one attached hydrogen (secondary N) is 1. The normalized spacial score (nSPS) is 14.8. The van der Waals surface area contributed by atoms with Crippen molar-refractivity contribution in [2.45, 2.75) is 38.1 Å². The van der Waals surface area contributed by atoms with Crippen molar-refractivity contribution in [3.63, 3.8) is 0 Å². The largest absolute Gasteiger partial charge is 0.493 e. The maximum atomic E-state index is 13.1. The highest BCUT2D eigenvalue weighted by Gasteiger charge is 2.46. The minimum atomic E-state index is -4.52. The lowest BCUT2D eigenvalue weighted by Crippen LogP contribution is -2.24. The lowest BCUT2D eigenvalue weighted by Gasteiger charge is -2.20. The molecule has 0 radical (unpaired) electrons. The second-order valence-corrected chi connectivity index (χ2v) is 7.98. The number of methoxy groups -OCH3 is 2. The predicted molar refractivity (Wildman–Crippen MR) is 116 cm³/mol. The van der Waals surface area contributed by atoms with Gasteiger partial charge in [-0.1, -0.05) is 0 Å². The van der Waals surface area contributed by atoms with E-state index in [2.05, 4.69) is 20.3 Å². The standard InChI is InChI=1S/C22H24F3N5O3/c1-12-28-16-9-17(32-3)18(33-21(4-5-21)11-31-2)8-15(16)20(29-12)27-10-14-6-13(22(23,24)25)7-19(26)30-14/h6-9H,4-5,10-11H2,1-3H3,(H2,26,30)(H,27,28,29). The van der Waals surface area contributed by atoms with Gasteiger partial charge in [-0.25, -0.2) is 15.0 Å². The molecule has 8 nitrogen and oxygen atoms in total. The molecule has 0 unspecified atom stereocenters. The van der Waals surface area contributed by atoms with Crippen LogP contribution in [0.3, 0.4) is 0 Å². The van der Waals surface area contributed by atoms with Gasteiger partial charge >= 0.3 is 6.18 Å². The highest BCUT2D eigenvalue weighted by molar-refractivity contribution is 5.91. The summed E-state index contributed by atoms with van der Waals surface area (Å²) in [6, 6.07) is 5.27. The molecule has 0 spiro atoms. The Balaban J connectivity index is 1.68. The smallest absolute Gasteiger partial charge is 0.416 e. The van der Waals surface area contributed by atoms with Gasteiger partial charge in [-0.2, -0.15) is 13.2 Å². The van der Waals surface area contributed by atoms with E-state index in [9.17, 15) is 13.2 Å². The van der Waals surface area contributed by atoms with Gasteiger partial charge in [0.25, 0.3) is 0 Å². The third-order valence-corrected chi connectivity index (χ3v) is 5.30. The maximum absolute atomic E-state index is 13.1. The number of ether oxygens (including phenoxy) is 3. The van der Waals surface area contributed by atoms with Gasteiger partial charge in [-0.05, 0) is 38.0 Å². The Morgan fingerprint density at radius 2 is 1.82 bits per heavy atom. The Bertz CT molecular complexity index is 1180. The van der Waals surface area contributed by atoms with Crippen LogP contribution < -0.4 is 20.5 Å². The van der Waals surface area contributed by atoms with Crippen molar-refractivity contribution in [2.75, 3.05) is 31.9 Å². The van der Waals surface area contributed by atoms with E-state index >= 15 is 0 Å². The molecule has 0 saturated heterocycles. The van der Waals surface area contributed by atoms with Gasteiger partial charge in [0, 0.05) is 18.6 Å². The van der Waals surface area contributed by atoms with Crippen LogP contribution in [0.25, 0.3) is 10.9 Å². The van der Waals surface area contributed by atoms with Crippen LogP contribution in [-0.2, 0) is 17.5 Å². The van der Waals surface area contributed by atoms with E-state index in [1.54, 1.807) is 33.3 Å². The Morgan fingerprint density at radius 1 is 1.06 bits per heavy atom. The molecule has 3 aromatic rings. The molecule has 2 aromatic heterocycles. The van der Waals surface area contributed by atoms with Crippen molar-refractivity contribution in [3.05, 3.63) is 41.3 Å². The quantitative estimate of drug-likeness (QED) is 0.514. The molecule has 1 aliphatic rings. The monoisotopic (exact) mass is 463 g/mol. The number of fused-ring (bicyclic) bond motifs is 1. The van der Waals surface area contributed by atoms with Crippen LogP contribution in [0.15, 0.2) is 24.3 Å². The summed E-state index contributed by atoms with van der Waals surface area (Å²) in [5, 5.41) is 3.69. The number of benzene rings is 1. The number of aromatic nitrogens is 3. The van der Waals surface area contributed by atoms with E-state index in [1.165, 1.54) is 0 Å². The Kier molecular flexibility index (Phi) is 5.91. The number of aryl methyl sites for hydroxylation is 1. The summed E-state index contributed by atoms with van der Waals surface area (Å²) in [5.74, 6) is 1.73. The Morgan fingerprint density at radius 3 is 2.45 bits per heavy atom. The molecule has 2 heterocycles. The number of hydrogen-bond acceptors (Lipinski definition) is 8. The van der Waals surface area contributed by atoms with Gasteiger partial charge in [0.05, 0.1) is 37.0 Å². The first kappa shape index (κ1) is 22.8. The number of nitrogen functional groups attached to an aromatic ring is 1. The number of nitrogens with two attached hydrogens (primary N) is 1. The minimum Gasteiger partial charge on any atom is -0.493 e. The average molecular weight is 463 g/mol. The second kappa shape index (κ2) is 8.54. The molecule has 1 saturated carbocycles. The maximum Gasteiger partial charge on any atom is 0.416 e. The van der Waals surface area contributed by atoms with Gasteiger partial charge < -0.3 is 25.3 Å². The number of halogens is 3. The fourth-order valence-electron chi connectivity index (χ4n) is 3.58. The second-order valence-electron chi connectivity index (χ2n) is 7.98. The highest BCUT2D eigenvalue weighted by Crippen LogP contribution is 2.44. The molecule has 0 bridgehead atoms. The number of pyridine rings is 1. The Labute approximate surface area is 188 Å². The molecule has 176 valence electrons. The van der Waals surface area contributed by atoms with Gasteiger partial charge in [0.1, 0.15) is 23.1 Å². The van der Waals surface area contributed by atoms with Crippen LogP contribution in [0.5, 0.6) is 11.5 Å². The van der Waals surface area contributed by atoms with E-state index in [1.807, 2.05) is 0 Å². The van der Waals surface area contributed by atoms with Crippen LogP contribution in [0.4, 0.5) is 24.8 Å². The van der Waals surface area contributed by atoms with Gasteiger partial charge in [-0.3, -0.25) is 0 Å². The van der Waals surface area contributed by atoms with Crippen LogP contribution in [0, 0.1) is 6.92 Å². The van der Waals surface area contributed by atoms with E-state index < -0.39 is 17.3 Å². The van der Waals surface area contributed by atoms with E-state index in [0.717, 1.165) is 25.0 Å². The summed E-state index contributed by atoms with van der Waals surface area (Å²) in [7, 11) is 3.16. The van der Waals surface area contributed by atoms with Gasteiger partial charge in [-0.15, -0.1) is 0 Å². The number of alkyl halides is 3. The first-order chi connectivity index (χ1) is 15.6. The van der Waals surface area contributed by atoms with Crippen molar-refractivity contribution < 1.29 is 27.4 Å². The van der Waals surface area contributed by atoms with E-state index in [4.69, 9.17) is 19.9 Å². The molecule has 1 aromatic carbocycles. The third kappa shape index (κ3) is 5.03. The molecule has 4 rings (SSSR count). The number of rotatable bonds is 8. The van der Waals surface area contributed by atoms with Gasteiger partial charge in [0.15, 0.2) is 11.5 Å². The molecule has 33 heavy (non-hydrogen) atoms. The van der Waals surface area contributed by atoms with Crippen LogP contribution in [-0.4, -0.2) is 41.4 Å². The van der Waals surface area contributed by atoms with E-state index in [-0.39, 0.29) is 18.1 Å². The van der Waals surface area contributed by atoms with Crippen molar-refractivity contribution in [1.29, 1.82) is 0 Å². The highest BCUT2D eigenvalue weighted by atomic mass is 19.4. The molecule has 0 amide bonds. The molecule has 0 aliphatic heterocycles. The average Bonchev–Trinajstić information content (AvgIpc) is 3.50. The van der Waals surface area contributed by atoms with Gasteiger partial charge in [0.2, 0.25) is 0 Å². The first-order valence-corrected chi connectivity index (χ1v) is 10.2. The Hall–Kier alpha value is -3.34. The summed E-state index contributed by atoms with van der Waals surface area (Å²) in [4.78, 5) is 12.9. The summed E-state index contributed by atoms with van der Waals surface area (Å²) in [6.45, 7) is 2.15. The zero-order valence-corrected chi connectivity index (χ0v) is 18.4. The van der Waals surface area contributed by atoms with E-state index in [0.29, 0.717) is 40.7 Å². The third-order valence-electron chi connectivity index (χ3n) is 5.30. The predicted octanol–water partition coefficient (Wildman–Crippen LogP) is 4.11. The van der Waals surface area contributed by atoms with Crippen molar-refractivity contribution in [1.82, 2.24) is 15.0 Å². The van der Waals surface area contributed by atoms with Crippen molar-refractivity contribution in [2.24, 2.45) is 0 Å². The molecule has 1 aliphatic carbocycles. The summed E-state index contributed by atoms with van der Waals surface area (Å²) >= 11 is 0. The van der Waals surface area contributed by atoms with Crippen LogP contribution in [0.2, 0.25) is 0 Å². The minimum absolute atomic E-state index is 0.0183. The first-order valence-electron chi connectivity index (χ1n) is 10.2. The molecule has 0 atom stereocenters. The topological polar surface area (TPSA) is 104 Å². The molecule has 3 N–H and O–H groups in total. The molecular weight excluding hydrogens is 439 g/mol. The zero-order valence-electron chi connectivity index (χ0n) is 18.4. The fraction of sp³-hybridized carbons (Fsp3) is 0.409. The number of anilines is 2. The fourth-order valence-corrected chi connectivity index (χ4v) is 3.58. The lowest BCUT2D eigenvalue weighted by atomic mass is 10.2. The summed E-state index contributed by atoms with van der Waals surface area (Å²) in [6.07, 6.45) is -2.80.